The fourth-order valence-corrected chi connectivity index (χ4v) is 3.39. The molecule has 0 spiro atoms. The van der Waals surface area contributed by atoms with Crippen molar-refractivity contribution in [2.75, 3.05) is 0 Å². The average molecular weight is 317 g/mol. The first-order valence-electron chi connectivity index (χ1n) is 6.08. The number of thiophene rings is 1. The van der Waals surface area contributed by atoms with Crippen molar-refractivity contribution in [3.8, 4) is 0 Å². The summed E-state index contributed by atoms with van der Waals surface area (Å²) in [5, 5.41) is 4.43. The summed E-state index contributed by atoms with van der Waals surface area (Å²) in [6.07, 6.45) is 1.16. The third kappa shape index (κ3) is 3.19. The Kier molecular flexibility index (Phi) is 4.66. The molecule has 0 aliphatic carbocycles. The number of aryl methyl sites for hydroxylation is 2. The molecule has 19 heavy (non-hydrogen) atoms. The Morgan fingerprint density at radius 3 is 2.63 bits per heavy atom. The maximum absolute atomic E-state index is 12.2. The van der Waals surface area contributed by atoms with Gasteiger partial charge in [-0.1, -0.05) is 30.1 Å². The fourth-order valence-electron chi connectivity index (χ4n) is 1.89. The van der Waals surface area contributed by atoms with Gasteiger partial charge in [0.2, 0.25) is 0 Å². The predicted molar refractivity (Wildman–Crippen MR) is 79.7 cm³/mol. The third-order valence-electron chi connectivity index (χ3n) is 2.87. The molecule has 0 aliphatic heterocycles. The van der Waals surface area contributed by atoms with Crippen molar-refractivity contribution in [2.24, 2.45) is 0 Å². The molecule has 6 heteroatoms. The number of carbonyl (C=O) groups is 1. The predicted octanol–water partition coefficient (Wildman–Crippen LogP) is 4.26. The Labute approximate surface area is 126 Å². The highest BCUT2D eigenvalue weighted by Crippen LogP contribution is 2.32. The molecule has 2 aromatic heterocycles. The molecule has 0 unspecified atom stereocenters. The van der Waals surface area contributed by atoms with Crippen LogP contribution < -0.4 is 0 Å². The number of ketones is 1. The normalized spacial score (nSPS) is 10.9. The van der Waals surface area contributed by atoms with E-state index in [0.717, 1.165) is 24.4 Å². The fraction of sp³-hybridized carbons (Fsp3) is 0.385. The smallest absolute Gasteiger partial charge is 0.171 e. The van der Waals surface area contributed by atoms with Gasteiger partial charge < -0.3 is 0 Å². The minimum absolute atomic E-state index is 0.0228. The van der Waals surface area contributed by atoms with E-state index in [2.05, 4.69) is 5.10 Å². The van der Waals surface area contributed by atoms with Gasteiger partial charge in [-0.15, -0.1) is 11.3 Å². The van der Waals surface area contributed by atoms with Gasteiger partial charge in [-0.05, 0) is 25.5 Å². The SMILES string of the molecule is CCc1cc(CC(=O)c2cc(Cl)sc2Cl)n(CC)n1. The largest absolute Gasteiger partial charge is 0.294 e. The maximum atomic E-state index is 12.2. The zero-order valence-electron chi connectivity index (χ0n) is 10.7. The molecule has 0 bridgehead atoms. The molecule has 0 N–H and O–H groups in total. The first-order chi connectivity index (χ1) is 9.05. The second-order valence-electron chi connectivity index (χ2n) is 4.13. The summed E-state index contributed by atoms with van der Waals surface area (Å²) in [5.41, 5.74) is 2.42. The minimum atomic E-state index is -0.0228. The number of halogens is 2. The van der Waals surface area contributed by atoms with Crippen molar-refractivity contribution in [3.05, 3.63) is 37.8 Å². The minimum Gasteiger partial charge on any atom is -0.294 e. The van der Waals surface area contributed by atoms with E-state index in [1.807, 2.05) is 24.6 Å². The van der Waals surface area contributed by atoms with Gasteiger partial charge in [-0.2, -0.15) is 5.10 Å². The van der Waals surface area contributed by atoms with Crippen LogP contribution in [0.2, 0.25) is 8.67 Å². The van der Waals surface area contributed by atoms with Crippen LogP contribution in [-0.2, 0) is 19.4 Å². The van der Waals surface area contributed by atoms with Crippen LogP contribution in [0.25, 0.3) is 0 Å². The number of hydrogen-bond donors (Lipinski definition) is 0. The summed E-state index contributed by atoms with van der Waals surface area (Å²) in [6, 6.07) is 3.60. The molecule has 0 saturated carbocycles. The van der Waals surface area contributed by atoms with Crippen molar-refractivity contribution in [3.63, 3.8) is 0 Å². The first kappa shape index (κ1) is 14.6. The Hall–Kier alpha value is -0.840. The number of Topliss-reactive ketones (excluding diaryl/α,β-unsaturated/α-hetero) is 1. The number of hydrogen-bond acceptors (Lipinski definition) is 3. The van der Waals surface area contributed by atoms with Crippen LogP contribution in [0.15, 0.2) is 12.1 Å². The molecule has 0 radical (unpaired) electrons. The van der Waals surface area contributed by atoms with Crippen LogP contribution >= 0.6 is 34.5 Å². The molecule has 0 atom stereocenters. The lowest BCUT2D eigenvalue weighted by atomic mass is 10.1. The quantitative estimate of drug-likeness (QED) is 0.772. The van der Waals surface area contributed by atoms with Gasteiger partial charge in [0.05, 0.1) is 16.5 Å². The summed E-state index contributed by atoms with van der Waals surface area (Å²) in [6.45, 7) is 4.80. The molecule has 0 aliphatic rings. The van der Waals surface area contributed by atoms with E-state index >= 15 is 0 Å². The van der Waals surface area contributed by atoms with Gasteiger partial charge in [-0.3, -0.25) is 9.48 Å². The lowest BCUT2D eigenvalue weighted by molar-refractivity contribution is 0.0991. The van der Waals surface area contributed by atoms with Gasteiger partial charge in [-0.25, -0.2) is 0 Å². The van der Waals surface area contributed by atoms with Crippen molar-refractivity contribution in [2.45, 2.75) is 33.2 Å². The molecular weight excluding hydrogens is 303 g/mol. The average Bonchev–Trinajstić information content (AvgIpc) is 2.92. The summed E-state index contributed by atoms with van der Waals surface area (Å²) in [4.78, 5) is 12.2. The summed E-state index contributed by atoms with van der Waals surface area (Å²) in [7, 11) is 0. The zero-order valence-corrected chi connectivity index (χ0v) is 13.1. The Balaban J connectivity index is 2.23. The maximum Gasteiger partial charge on any atom is 0.171 e. The van der Waals surface area contributed by atoms with Crippen LogP contribution in [0.4, 0.5) is 0 Å². The lowest BCUT2D eigenvalue weighted by Gasteiger charge is -2.03. The van der Waals surface area contributed by atoms with E-state index in [1.54, 1.807) is 6.07 Å². The van der Waals surface area contributed by atoms with Crippen molar-refractivity contribution in [1.29, 1.82) is 0 Å². The van der Waals surface area contributed by atoms with Crippen LogP contribution in [-0.4, -0.2) is 15.6 Å². The van der Waals surface area contributed by atoms with E-state index in [1.165, 1.54) is 11.3 Å². The van der Waals surface area contributed by atoms with E-state index in [0.29, 0.717) is 20.7 Å². The molecule has 2 rings (SSSR count). The first-order valence-corrected chi connectivity index (χ1v) is 7.66. The Bertz CT molecular complexity index is 604. The summed E-state index contributed by atoms with van der Waals surface area (Å²) in [5.74, 6) is -0.0228. The molecule has 0 aromatic carbocycles. The Morgan fingerprint density at radius 2 is 2.11 bits per heavy atom. The number of aromatic nitrogens is 2. The monoisotopic (exact) mass is 316 g/mol. The number of nitrogens with zero attached hydrogens (tertiary/aromatic N) is 2. The third-order valence-corrected chi connectivity index (χ3v) is 4.36. The van der Waals surface area contributed by atoms with Gasteiger partial charge in [0.1, 0.15) is 4.34 Å². The van der Waals surface area contributed by atoms with E-state index in [-0.39, 0.29) is 5.78 Å². The number of rotatable bonds is 5. The van der Waals surface area contributed by atoms with E-state index < -0.39 is 0 Å². The van der Waals surface area contributed by atoms with Gasteiger partial charge >= 0.3 is 0 Å². The topological polar surface area (TPSA) is 34.9 Å². The molecular formula is C13H14Cl2N2OS. The van der Waals surface area contributed by atoms with Crippen molar-refractivity contribution >= 4 is 40.3 Å². The molecule has 0 amide bonds. The Morgan fingerprint density at radius 1 is 1.37 bits per heavy atom. The highest BCUT2D eigenvalue weighted by molar-refractivity contribution is 7.20. The molecule has 2 aromatic rings. The van der Waals surface area contributed by atoms with Crippen LogP contribution in [0, 0.1) is 0 Å². The molecule has 3 nitrogen and oxygen atoms in total. The highest BCUT2D eigenvalue weighted by Gasteiger charge is 2.17. The van der Waals surface area contributed by atoms with Crippen LogP contribution in [0.3, 0.4) is 0 Å². The van der Waals surface area contributed by atoms with Gasteiger partial charge in [0.15, 0.2) is 5.78 Å². The van der Waals surface area contributed by atoms with E-state index in [4.69, 9.17) is 23.2 Å². The molecule has 0 saturated heterocycles. The van der Waals surface area contributed by atoms with E-state index in [9.17, 15) is 4.79 Å². The zero-order chi connectivity index (χ0) is 14.0. The van der Waals surface area contributed by atoms with Gasteiger partial charge in [0, 0.05) is 17.8 Å². The second kappa shape index (κ2) is 6.07. The van der Waals surface area contributed by atoms with Crippen LogP contribution in [0.1, 0.15) is 35.6 Å². The second-order valence-corrected chi connectivity index (χ2v) is 6.42. The van der Waals surface area contributed by atoms with Gasteiger partial charge in [0.25, 0.3) is 0 Å². The molecule has 102 valence electrons. The van der Waals surface area contributed by atoms with Crippen LogP contribution in [0.5, 0.6) is 0 Å². The standard InChI is InChI=1S/C13H14Cl2N2OS/c1-3-8-5-9(17(4-2)16-8)6-11(18)10-7-12(14)19-13(10)15/h5,7H,3-4,6H2,1-2H3. The number of carbonyl (C=O) groups excluding carboxylic acids is 1. The summed E-state index contributed by atoms with van der Waals surface area (Å²) < 4.78 is 2.85. The van der Waals surface area contributed by atoms with Crippen molar-refractivity contribution < 1.29 is 4.79 Å². The van der Waals surface area contributed by atoms with Crippen molar-refractivity contribution in [1.82, 2.24) is 9.78 Å². The molecule has 0 fully saturated rings. The highest BCUT2D eigenvalue weighted by atomic mass is 35.5. The molecule has 2 heterocycles. The summed E-state index contributed by atoms with van der Waals surface area (Å²) >= 11 is 13.1. The lowest BCUT2D eigenvalue weighted by Crippen LogP contribution is -2.09.